The molecule has 1 aromatic rings. The van der Waals surface area contributed by atoms with Crippen molar-refractivity contribution >= 4 is 17.8 Å². The van der Waals surface area contributed by atoms with Crippen molar-refractivity contribution in [1.82, 2.24) is 5.32 Å². The maximum Gasteiger partial charge on any atom is 0.204 e. The van der Waals surface area contributed by atoms with Crippen LogP contribution in [-0.2, 0) is 0 Å². The Morgan fingerprint density at radius 2 is 2.31 bits per heavy atom. The second-order valence-corrected chi connectivity index (χ2v) is 2.40. The van der Waals surface area contributed by atoms with E-state index in [-0.39, 0.29) is 11.9 Å². The summed E-state index contributed by atoms with van der Waals surface area (Å²) in [4.78, 5) is 1.43. The molecule has 1 aromatic heterocycles. The monoisotopic (exact) mass is 181 g/mol. The lowest BCUT2D eigenvalue weighted by molar-refractivity contribution is 0.571. The van der Waals surface area contributed by atoms with E-state index in [9.17, 15) is 0 Å². The summed E-state index contributed by atoms with van der Waals surface area (Å²) in [6.07, 6.45) is 1.51. The van der Waals surface area contributed by atoms with Crippen molar-refractivity contribution in [3.05, 3.63) is 18.4 Å². The van der Waals surface area contributed by atoms with Gasteiger partial charge < -0.3 is 10.2 Å². The fourth-order valence-electron chi connectivity index (χ4n) is 0.782. The molecule has 0 fully saturated rings. The van der Waals surface area contributed by atoms with Crippen molar-refractivity contribution in [1.29, 1.82) is 10.8 Å². The Kier molecular flexibility index (Phi) is 2.53. The average molecular weight is 181 g/mol. The van der Waals surface area contributed by atoms with Crippen LogP contribution in [0, 0.1) is 10.8 Å². The molecule has 0 atom stereocenters. The van der Waals surface area contributed by atoms with Crippen LogP contribution in [0.15, 0.2) is 22.8 Å². The van der Waals surface area contributed by atoms with E-state index < -0.39 is 0 Å². The largest absolute Gasteiger partial charge is 0.448 e. The second kappa shape index (κ2) is 3.61. The molecule has 0 radical (unpaired) electrons. The smallest absolute Gasteiger partial charge is 0.204 e. The molecule has 0 saturated heterocycles. The Hall–Kier alpha value is -1.98. The molecule has 0 saturated carbocycles. The van der Waals surface area contributed by atoms with Crippen molar-refractivity contribution in [3.63, 3.8) is 0 Å². The van der Waals surface area contributed by atoms with E-state index in [1.165, 1.54) is 11.2 Å². The van der Waals surface area contributed by atoms with Crippen molar-refractivity contribution in [3.8, 4) is 0 Å². The summed E-state index contributed by atoms with van der Waals surface area (Å²) < 4.78 is 5.03. The number of nitrogens with one attached hydrogen (secondary N) is 3. The molecule has 0 unspecified atom stereocenters. The van der Waals surface area contributed by atoms with Crippen LogP contribution in [0.5, 0.6) is 0 Å². The summed E-state index contributed by atoms with van der Waals surface area (Å²) in [5.74, 6) is 0.226. The van der Waals surface area contributed by atoms with E-state index in [0.29, 0.717) is 5.88 Å². The summed E-state index contributed by atoms with van der Waals surface area (Å²) in [6.45, 7) is 0. The van der Waals surface area contributed by atoms with E-state index in [2.05, 4.69) is 5.32 Å². The van der Waals surface area contributed by atoms with Gasteiger partial charge in [0.1, 0.15) is 0 Å². The van der Waals surface area contributed by atoms with E-state index in [1.807, 2.05) is 0 Å². The van der Waals surface area contributed by atoms with Crippen molar-refractivity contribution in [2.45, 2.75) is 0 Å². The third-order valence-corrected chi connectivity index (χ3v) is 1.43. The molecule has 0 spiro atoms. The van der Waals surface area contributed by atoms with Crippen LogP contribution in [0.4, 0.5) is 5.88 Å². The quantitative estimate of drug-likeness (QED) is 0.365. The zero-order chi connectivity index (χ0) is 9.84. The third kappa shape index (κ3) is 2.22. The summed E-state index contributed by atoms with van der Waals surface area (Å²) in [6, 6.07) is 3.42. The van der Waals surface area contributed by atoms with Crippen LogP contribution in [0.3, 0.4) is 0 Å². The highest BCUT2D eigenvalue weighted by Gasteiger charge is 2.08. The number of guanidine groups is 2. The molecule has 0 aliphatic heterocycles. The maximum atomic E-state index is 7.44. The molecule has 70 valence electrons. The minimum atomic E-state index is -0.275. The molecule has 0 aromatic carbocycles. The zero-order valence-electron chi connectivity index (χ0n) is 7.16. The number of nitrogens with zero attached hydrogens (tertiary/aromatic N) is 1. The van der Waals surface area contributed by atoms with E-state index >= 15 is 0 Å². The van der Waals surface area contributed by atoms with Gasteiger partial charge in [-0.3, -0.25) is 21.0 Å². The van der Waals surface area contributed by atoms with E-state index in [1.54, 1.807) is 19.2 Å². The van der Waals surface area contributed by atoms with Gasteiger partial charge in [0.15, 0.2) is 5.96 Å². The SMILES string of the molecule is CN(C(=N)NC(=N)N)c1ccco1. The van der Waals surface area contributed by atoms with Gasteiger partial charge in [0, 0.05) is 13.1 Å². The van der Waals surface area contributed by atoms with Crippen LogP contribution >= 0.6 is 0 Å². The first-order valence-corrected chi connectivity index (χ1v) is 3.58. The van der Waals surface area contributed by atoms with Gasteiger partial charge in [0.05, 0.1) is 6.26 Å². The fraction of sp³-hybridized carbons (Fsp3) is 0.143. The molecule has 0 bridgehead atoms. The van der Waals surface area contributed by atoms with Crippen LogP contribution < -0.4 is 16.0 Å². The van der Waals surface area contributed by atoms with Crippen molar-refractivity contribution in [2.75, 3.05) is 11.9 Å². The van der Waals surface area contributed by atoms with E-state index in [4.69, 9.17) is 21.0 Å². The minimum absolute atomic E-state index is 0.0116. The van der Waals surface area contributed by atoms with E-state index in [0.717, 1.165) is 0 Å². The molecule has 0 amide bonds. The van der Waals surface area contributed by atoms with Gasteiger partial charge in [-0.25, -0.2) is 0 Å². The predicted molar refractivity (Wildman–Crippen MR) is 49.9 cm³/mol. The lowest BCUT2D eigenvalue weighted by atomic mass is 10.5. The number of hydrogen-bond donors (Lipinski definition) is 4. The van der Waals surface area contributed by atoms with Gasteiger partial charge in [-0.2, -0.15) is 0 Å². The summed E-state index contributed by atoms with van der Waals surface area (Å²) in [7, 11) is 1.64. The zero-order valence-corrected chi connectivity index (χ0v) is 7.16. The van der Waals surface area contributed by atoms with Gasteiger partial charge in [-0.15, -0.1) is 0 Å². The third-order valence-electron chi connectivity index (χ3n) is 1.43. The van der Waals surface area contributed by atoms with Crippen LogP contribution in [-0.4, -0.2) is 19.0 Å². The lowest BCUT2D eigenvalue weighted by Crippen LogP contribution is -2.44. The van der Waals surface area contributed by atoms with Crippen molar-refractivity contribution < 1.29 is 4.42 Å². The first kappa shape index (κ1) is 9.11. The van der Waals surface area contributed by atoms with Gasteiger partial charge in [-0.1, -0.05) is 0 Å². The second-order valence-electron chi connectivity index (χ2n) is 2.40. The Labute approximate surface area is 75.3 Å². The molecule has 13 heavy (non-hydrogen) atoms. The average Bonchev–Trinajstić information content (AvgIpc) is 2.53. The van der Waals surface area contributed by atoms with Crippen LogP contribution in [0.2, 0.25) is 0 Å². The predicted octanol–water partition coefficient (Wildman–Crippen LogP) is 0.134. The number of rotatable bonds is 1. The van der Waals surface area contributed by atoms with Crippen LogP contribution in [0.25, 0.3) is 0 Å². The normalized spacial score (nSPS) is 9.31. The van der Waals surface area contributed by atoms with Crippen LogP contribution in [0.1, 0.15) is 0 Å². The highest BCUT2D eigenvalue weighted by atomic mass is 16.3. The molecule has 6 nitrogen and oxygen atoms in total. The minimum Gasteiger partial charge on any atom is -0.448 e. The topological polar surface area (TPSA) is 102 Å². The highest BCUT2D eigenvalue weighted by Crippen LogP contribution is 2.11. The number of hydrogen-bond acceptors (Lipinski definition) is 3. The fourth-order valence-corrected chi connectivity index (χ4v) is 0.782. The molecular weight excluding hydrogens is 170 g/mol. The molecule has 5 N–H and O–H groups in total. The number of furan rings is 1. The molecule has 1 heterocycles. The highest BCUT2D eigenvalue weighted by molar-refractivity contribution is 6.02. The first-order valence-electron chi connectivity index (χ1n) is 3.58. The molecule has 0 aliphatic rings. The molecule has 6 heteroatoms. The molecule has 1 rings (SSSR count). The molecular formula is C7H11N5O. The summed E-state index contributed by atoms with van der Waals surface area (Å²) in [5.41, 5.74) is 5.06. The first-order chi connectivity index (χ1) is 6.11. The van der Waals surface area contributed by atoms with Crippen molar-refractivity contribution in [2.24, 2.45) is 5.73 Å². The van der Waals surface area contributed by atoms with Gasteiger partial charge >= 0.3 is 0 Å². The van der Waals surface area contributed by atoms with Gasteiger partial charge in [-0.05, 0) is 6.07 Å². The summed E-state index contributed by atoms with van der Waals surface area (Å²) in [5, 5.41) is 16.7. The Balaban J connectivity index is 2.63. The van der Waals surface area contributed by atoms with Gasteiger partial charge in [0.25, 0.3) is 0 Å². The standard InChI is InChI=1S/C7H11N5O/c1-12(5-3-2-4-13-5)7(10)11-6(8)9/h2-4H,1H3,(H5,8,9,10,11). The Morgan fingerprint density at radius 3 is 2.77 bits per heavy atom. The Bertz CT molecular complexity index is 305. The Morgan fingerprint density at radius 1 is 1.62 bits per heavy atom. The summed E-state index contributed by atoms with van der Waals surface area (Å²) >= 11 is 0. The number of anilines is 1. The maximum absolute atomic E-state index is 7.44. The lowest BCUT2D eigenvalue weighted by Gasteiger charge is -2.16. The molecule has 0 aliphatic carbocycles. The number of nitrogens with two attached hydrogens (primary N) is 1. The van der Waals surface area contributed by atoms with Gasteiger partial charge in [0.2, 0.25) is 11.8 Å².